The van der Waals surface area contributed by atoms with Gasteiger partial charge in [-0.25, -0.2) is 8.78 Å². The van der Waals surface area contributed by atoms with Crippen molar-refractivity contribution in [1.29, 1.82) is 0 Å². The highest BCUT2D eigenvalue weighted by atomic mass is 32.1. The molecule has 1 aromatic heterocycles. The summed E-state index contributed by atoms with van der Waals surface area (Å²) in [6.07, 6.45) is -3.97. The van der Waals surface area contributed by atoms with Gasteiger partial charge in [0.25, 0.3) is 0 Å². The van der Waals surface area contributed by atoms with E-state index in [0.717, 1.165) is 11.3 Å². The van der Waals surface area contributed by atoms with Crippen molar-refractivity contribution >= 4 is 17.1 Å². The Morgan fingerprint density at radius 3 is 2.27 bits per heavy atom. The van der Waals surface area contributed by atoms with E-state index in [1.54, 1.807) is 6.92 Å². The molecule has 0 aliphatic rings. The highest BCUT2D eigenvalue weighted by molar-refractivity contribution is 7.14. The molecule has 1 aromatic rings. The Bertz CT molecular complexity index is 383. The molecule has 84 valence electrons. The lowest BCUT2D eigenvalue weighted by atomic mass is 10.1. The molecule has 1 nitrogen and oxygen atoms in total. The summed E-state index contributed by atoms with van der Waals surface area (Å²) >= 11 is 0.804. The highest BCUT2D eigenvalue weighted by Gasteiger charge is 2.49. The van der Waals surface area contributed by atoms with Gasteiger partial charge in [0.05, 0.1) is 4.88 Å². The SMILES string of the molecule is Cc1cc(C)c(C(=O)C(F)(F)C(F)F)s1. The standard InChI is InChI=1S/C9H8F4OS/c1-4-3-5(2)15-6(4)7(14)9(12,13)8(10)11/h3,8H,1-2H3. The Labute approximate surface area is 87.7 Å². The lowest BCUT2D eigenvalue weighted by Gasteiger charge is -2.12. The summed E-state index contributed by atoms with van der Waals surface area (Å²) in [5.74, 6) is -6.39. The molecule has 0 saturated heterocycles. The normalized spacial score (nSPS) is 12.2. The molecule has 0 aliphatic heterocycles. The number of hydrogen-bond donors (Lipinski definition) is 0. The molecule has 0 atom stereocenters. The molecule has 0 saturated carbocycles. The van der Waals surface area contributed by atoms with Crippen LogP contribution in [-0.4, -0.2) is 18.1 Å². The van der Waals surface area contributed by atoms with Crippen molar-refractivity contribution in [2.75, 3.05) is 0 Å². The Balaban J connectivity index is 3.10. The van der Waals surface area contributed by atoms with Crippen LogP contribution in [-0.2, 0) is 0 Å². The third-order valence-electron chi connectivity index (χ3n) is 1.82. The minimum atomic E-state index is -4.60. The highest BCUT2D eigenvalue weighted by Crippen LogP contribution is 2.32. The van der Waals surface area contributed by atoms with Crippen LogP contribution in [0.1, 0.15) is 20.1 Å². The topological polar surface area (TPSA) is 17.1 Å². The number of ketones is 1. The monoisotopic (exact) mass is 240 g/mol. The van der Waals surface area contributed by atoms with Gasteiger partial charge in [0.2, 0.25) is 5.78 Å². The molecule has 1 heterocycles. The molecule has 15 heavy (non-hydrogen) atoms. The maximum Gasteiger partial charge on any atom is 0.369 e. The van der Waals surface area contributed by atoms with E-state index < -0.39 is 18.1 Å². The maximum absolute atomic E-state index is 12.7. The van der Waals surface area contributed by atoms with Gasteiger partial charge in [0.15, 0.2) is 0 Å². The van der Waals surface area contributed by atoms with Crippen LogP contribution in [0.15, 0.2) is 6.07 Å². The second-order valence-electron chi connectivity index (χ2n) is 3.12. The van der Waals surface area contributed by atoms with Crippen molar-refractivity contribution in [3.05, 3.63) is 21.4 Å². The minimum absolute atomic E-state index is 0.294. The van der Waals surface area contributed by atoms with E-state index in [0.29, 0.717) is 10.4 Å². The molecule has 1 rings (SSSR count). The average Bonchev–Trinajstić information content (AvgIpc) is 2.43. The molecule has 0 aromatic carbocycles. The average molecular weight is 240 g/mol. The second kappa shape index (κ2) is 3.92. The zero-order valence-corrected chi connectivity index (χ0v) is 8.80. The summed E-state index contributed by atoms with van der Waals surface area (Å²) < 4.78 is 49.3. The van der Waals surface area contributed by atoms with E-state index in [1.807, 2.05) is 0 Å². The number of hydrogen-bond acceptors (Lipinski definition) is 2. The fourth-order valence-electron chi connectivity index (χ4n) is 1.12. The van der Waals surface area contributed by atoms with Crippen LogP contribution in [0.25, 0.3) is 0 Å². The third-order valence-corrected chi connectivity index (χ3v) is 2.98. The number of Topliss-reactive ketones (excluding diaryl/α,β-unsaturated/α-hetero) is 1. The maximum atomic E-state index is 12.7. The van der Waals surface area contributed by atoms with Gasteiger partial charge in [-0.05, 0) is 25.5 Å². The van der Waals surface area contributed by atoms with Crippen LogP contribution in [0.3, 0.4) is 0 Å². The van der Waals surface area contributed by atoms with Gasteiger partial charge < -0.3 is 0 Å². The zero-order valence-electron chi connectivity index (χ0n) is 7.98. The van der Waals surface area contributed by atoms with Gasteiger partial charge in [-0.2, -0.15) is 8.78 Å². The first-order valence-corrected chi connectivity index (χ1v) is 4.86. The predicted octanol–water partition coefficient (Wildman–Crippen LogP) is 3.45. The molecule has 0 amide bonds. The first-order chi connectivity index (χ1) is 6.76. The van der Waals surface area contributed by atoms with Crippen molar-refractivity contribution in [1.82, 2.24) is 0 Å². The predicted molar refractivity (Wildman–Crippen MR) is 49.1 cm³/mol. The molecule has 0 aliphatic carbocycles. The number of rotatable bonds is 3. The lowest BCUT2D eigenvalue weighted by Crippen LogP contribution is -2.36. The summed E-state index contributed by atoms with van der Waals surface area (Å²) in [7, 11) is 0. The van der Waals surface area contributed by atoms with Crippen LogP contribution < -0.4 is 0 Å². The summed E-state index contributed by atoms with van der Waals surface area (Å²) in [5, 5.41) is 0. The van der Waals surface area contributed by atoms with E-state index in [4.69, 9.17) is 0 Å². The molecular weight excluding hydrogens is 232 g/mol. The van der Waals surface area contributed by atoms with Crippen LogP contribution in [0.2, 0.25) is 0 Å². The quantitative estimate of drug-likeness (QED) is 0.584. The number of halogens is 4. The number of carbonyl (C=O) groups excluding carboxylic acids is 1. The zero-order chi connectivity index (χ0) is 11.8. The van der Waals surface area contributed by atoms with Crippen molar-refractivity contribution in [3.8, 4) is 0 Å². The molecule has 0 spiro atoms. The van der Waals surface area contributed by atoms with Gasteiger partial charge in [-0.1, -0.05) is 0 Å². The van der Waals surface area contributed by atoms with Gasteiger partial charge in [0.1, 0.15) is 0 Å². The van der Waals surface area contributed by atoms with Crippen molar-refractivity contribution in [2.24, 2.45) is 0 Å². The molecule has 0 fully saturated rings. The molecular formula is C9H8F4OS. The largest absolute Gasteiger partial charge is 0.369 e. The van der Waals surface area contributed by atoms with Crippen LogP contribution in [0.4, 0.5) is 17.6 Å². The summed E-state index contributed by atoms with van der Waals surface area (Å²) in [5.41, 5.74) is 0.308. The van der Waals surface area contributed by atoms with Crippen molar-refractivity contribution in [2.45, 2.75) is 26.2 Å². The van der Waals surface area contributed by atoms with Gasteiger partial charge in [0, 0.05) is 4.88 Å². The summed E-state index contributed by atoms with van der Waals surface area (Å²) in [6.45, 7) is 3.06. The molecule has 0 radical (unpaired) electrons. The van der Waals surface area contributed by atoms with Crippen LogP contribution in [0.5, 0.6) is 0 Å². The van der Waals surface area contributed by atoms with E-state index in [-0.39, 0.29) is 4.88 Å². The Kier molecular flexibility index (Phi) is 3.18. The third kappa shape index (κ3) is 2.19. The molecule has 0 bridgehead atoms. The fraction of sp³-hybridized carbons (Fsp3) is 0.444. The van der Waals surface area contributed by atoms with Crippen molar-refractivity contribution in [3.63, 3.8) is 0 Å². The number of carbonyl (C=O) groups is 1. The van der Waals surface area contributed by atoms with Crippen LogP contribution >= 0.6 is 11.3 Å². The molecule has 0 unspecified atom stereocenters. The first-order valence-electron chi connectivity index (χ1n) is 4.04. The van der Waals surface area contributed by atoms with Gasteiger partial charge in [-0.3, -0.25) is 4.79 Å². The Morgan fingerprint density at radius 1 is 1.40 bits per heavy atom. The van der Waals surface area contributed by atoms with Crippen LogP contribution in [0, 0.1) is 13.8 Å². The number of thiophene rings is 1. The first kappa shape index (κ1) is 12.2. The summed E-state index contributed by atoms with van der Waals surface area (Å²) in [4.78, 5) is 11.5. The van der Waals surface area contributed by atoms with E-state index >= 15 is 0 Å². The lowest BCUT2D eigenvalue weighted by molar-refractivity contribution is -0.0956. The number of aryl methyl sites for hydroxylation is 2. The Hall–Kier alpha value is -0.910. The summed E-state index contributed by atoms with van der Waals surface area (Å²) in [6, 6.07) is 1.51. The second-order valence-corrected chi connectivity index (χ2v) is 4.38. The van der Waals surface area contributed by atoms with Gasteiger partial charge in [-0.15, -0.1) is 11.3 Å². The molecule has 6 heteroatoms. The smallest absolute Gasteiger partial charge is 0.286 e. The van der Waals surface area contributed by atoms with Crippen molar-refractivity contribution < 1.29 is 22.4 Å². The number of alkyl halides is 4. The minimum Gasteiger partial charge on any atom is -0.286 e. The fourth-order valence-corrected chi connectivity index (χ4v) is 2.12. The van der Waals surface area contributed by atoms with E-state index in [1.165, 1.54) is 13.0 Å². The molecule has 0 N–H and O–H groups in total. The van der Waals surface area contributed by atoms with E-state index in [9.17, 15) is 22.4 Å². The van der Waals surface area contributed by atoms with E-state index in [2.05, 4.69) is 0 Å². The Morgan fingerprint density at radius 2 is 1.93 bits per heavy atom. The van der Waals surface area contributed by atoms with Gasteiger partial charge >= 0.3 is 12.3 Å².